The van der Waals surface area contributed by atoms with E-state index in [1.165, 1.54) is 13.0 Å². The zero-order valence-corrected chi connectivity index (χ0v) is 9.56. The highest BCUT2D eigenvalue weighted by molar-refractivity contribution is 6.32. The van der Waals surface area contributed by atoms with Gasteiger partial charge in [-0.3, -0.25) is 14.9 Å². The van der Waals surface area contributed by atoms with Crippen LogP contribution in [0.1, 0.15) is 11.1 Å². The predicted octanol–water partition coefficient (Wildman–Crippen LogP) is 1.76. The molecule has 0 radical (unpaired) electrons. The smallest absolute Gasteiger partial charge is 0.315 e. The van der Waals surface area contributed by atoms with Gasteiger partial charge in [0.05, 0.1) is 9.95 Å². The Bertz CT molecular complexity index is 526. The third-order valence-electron chi connectivity index (χ3n) is 2.10. The van der Waals surface area contributed by atoms with Gasteiger partial charge in [0.25, 0.3) is 0 Å². The van der Waals surface area contributed by atoms with Crippen molar-refractivity contribution < 1.29 is 14.8 Å². The lowest BCUT2D eigenvalue weighted by molar-refractivity contribution is -0.386. The number of nitro groups is 1. The average molecular weight is 257 g/mol. The van der Waals surface area contributed by atoms with Crippen molar-refractivity contribution in [1.29, 1.82) is 0 Å². The molecule has 0 aromatic heterocycles. The van der Waals surface area contributed by atoms with Gasteiger partial charge in [0.1, 0.15) is 0 Å². The SMILES string of the molecule is Cc1c(Cl)cc(/C=C\C(N)=O)c(O)c1[N+](=O)[O-]. The van der Waals surface area contributed by atoms with Crippen molar-refractivity contribution in [1.82, 2.24) is 0 Å². The summed E-state index contributed by atoms with van der Waals surface area (Å²) in [6, 6.07) is 1.32. The highest BCUT2D eigenvalue weighted by Gasteiger charge is 2.22. The molecule has 90 valence electrons. The van der Waals surface area contributed by atoms with Gasteiger partial charge in [0, 0.05) is 17.2 Å². The Morgan fingerprint density at radius 3 is 2.71 bits per heavy atom. The van der Waals surface area contributed by atoms with Crippen molar-refractivity contribution in [3.8, 4) is 5.75 Å². The highest BCUT2D eigenvalue weighted by atomic mass is 35.5. The number of rotatable bonds is 3. The van der Waals surface area contributed by atoms with Crippen molar-refractivity contribution in [2.24, 2.45) is 5.73 Å². The van der Waals surface area contributed by atoms with Crippen LogP contribution in [0.25, 0.3) is 6.08 Å². The first kappa shape index (κ1) is 13.0. The molecule has 0 fully saturated rings. The van der Waals surface area contributed by atoms with Gasteiger partial charge >= 0.3 is 5.69 Å². The van der Waals surface area contributed by atoms with Crippen LogP contribution in [-0.4, -0.2) is 15.9 Å². The Labute approximate surface area is 101 Å². The number of carbonyl (C=O) groups is 1. The fourth-order valence-corrected chi connectivity index (χ4v) is 1.47. The van der Waals surface area contributed by atoms with Gasteiger partial charge in [-0.2, -0.15) is 0 Å². The molecule has 0 saturated heterocycles. The van der Waals surface area contributed by atoms with E-state index < -0.39 is 22.3 Å². The van der Waals surface area contributed by atoms with E-state index in [2.05, 4.69) is 0 Å². The van der Waals surface area contributed by atoms with Gasteiger partial charge in [-0.05, 0) is 19.1 Å². The molecule has 1 rings (SSSR count). The molecular weight excluding hydrogens is 248 g/mol. The number of benzene rings is 1. The lowest BCUT2D eigenvalue weighted by Gasteiger charge is -2.05. The Kier molecular flexibility index (Phi) is 3.69. The van der Waals surface area contributed by atoms with Crippen molar-refractivity contribution in [3.63, 3.8) is 0 Å². The normalized spacial score (nSPS) is 10.7. The first-order valence-electron chi connectivity index (χ1n) is 4.48. The van der Waals surface area contributed by atoms with Gasteiger partial charge in [-0.1, -0.05) is 11.6 Å². The molecule has 1 aromatic rings. The summed E-state index contributed by atoms with van der Waals surface area (Å²) in [7, 11) is 0. The van der Waals surface area contributed by atoms with E-state index in [1.54, 1.807) is 0 Å². The van der Waals surface area contributed by atoms with Gasteiger partial charge < -0.3 is 10.8 Å². The van der Waals surface area contributed by atoms with Crippen LogP contribution in [0.4, 0.5) is 5.69 Å². The monoisotopic (exact) mass is 256 g/mol. The van der Waals surface area contributed by atoms with Crippen LogP contribution in [0.15, 0.2) is 12.1 Å². The summed E-state index contributed by atoms with van der Waals surface area (Å²) < 4.78 is 0. The molecule has 6 nitrogen and oxygen atoms in total. The second kappa shape index (κ2) is 4.84. The second-order valence-corrected chi connectivity index (χ2v) is 3.67. The van der Waals surface area contributed by atoms with Crippen LogP contribution in [-0.2, 0) is 4.79 Å². The number of nitro benzene ring substituents is 1. The molecule has 0 aliphatic heterocycles. The summed E-state index contributed by atoms with van der Waals surface area (Å²) in [5, 5.41) is 20.6. The van der Waals surface area contributed by atoms with Gasteiger partial charge in [-0.15, -0.1) is 0 Å². The Hall–Kier alpha value is -2.08. The number of carbonyl (C=O) groups excluding carboxylic acids is 1. The number of primary amides is 1. The lowest BCUT2D eigenvalue weighted by Crippen LogP contribution is -2.05. The number of halogens is 1. The number of aromatic hydroxyl groups is 1. The minimum Gasteiger partial charge on any atom is -0.502 e. The topological polar surface area (TPSA) is 106 Å². The highest BCUT2D eigenvalue weighted by Crippen LogP contribution is 2.38. The number of amides is 1. The Morgan fingerprint density at radius 1 is 1.65 bits per heavy atom. The van der Waals surface area contributed by atoms with Crippen molar-refractivity contribution in [3.05, 3.63) is 38.4 Å². The minimum absolute atomic E-state index is 0.0612. The minimum atomic E-state index is -0.738. The van der Waals surface area contributed by atoms with E-state index in [0.29, 0.717) is 0 Å². The number of hydrogen-bond donors (Lipinski definition) is 2. The van der Waals surface area contributed by atoms with Crippen LogP contribution in [0, 0.1) is 17.0 Å². The molecule has 0 aliphatic rings. The second-order valence-electron chi connectivity index (χ2n) is 3.26. The van der Waals surface area contributed by atoms with Gasteiger partial charge in [0.15, 0.2) is 0 Å². The largest absolute Gasteiger partial charge is 0.502 e. The third kappa shape index (κ3) is 2.73. The van der Waals surface area contributed by atoms with Crippen molar-refractivity contribution in [2.45, 2.75) is 6.92 Å². The van der Waals surface area contributed by atoms with E-state index in [1.807, 2.05) is 0 Å². The van der Waals surface area contributed by atoms with Crippen LogP contribution >= 0.6 is 11.6 Å². The zero-order chi connectivity index (χ0) is 13.2. The fourth-order valence-electron chi connectivity index (χ4n) is 1.26. The summed E-state index contributed by atoms with van der Waals surface area (Å²) in [5.41, 5.74) is 4.62. The number of nitrogens with zero attached hydrogens (tertiary/aromatic N) is 1. The van der Waals surface area contributed by atoms with E-state index in [4.69, 9.17) is 17.3 Å². The summed E-state index contributed by atoms with van der Waals surface area (Å²) in [6.07, 6.45) is 2.14. The molecule has 0 aliphatic carbocycles. The zero-order valence-electron chi connectivity index (χ0n) is 8.81. The average Bonchev–Trinajstić information content (AvgIpc) is 2.21. The molecule has 0 heterocycles. The summed E-state index contributed by atoms with van der Waals surface area (Å²) in [5.74, 6) is -1.28. The van der Waals surface area contributed by atoms with E-state index in [0.717, 1.165) is 12.2 Å². The van der Waals surface area contributed by atoms with E-state index in [9.17, 15) is 20.0 Å². The maximum absolute atomic E-state index is 10.8. The molecule has 7 heteroatoms. The van der Waals surface area contributed by atoms with Crippen LogP contribution in [0.2, 0.25) is 5.02 Å². The molecule has 1 aromatic carbocycles. The lowest BCUT2D eigenvalue weighted by atomic mass is 10.1. The number of nitrogens with two attached hydrogens (primary N) is 1. The summed E-state index contributed by atoms with van der Waals surface area (Å²) >= 11 is 5.78. The first-order chi connectivity index (χ1) is 7.84. The quantitative estimate of drug-likeness (QED) is 0.488. The predicted molar refractivity (Wildman–Crippen MR) is 62.7 cm³/mol. The van der Waals surface area contributed by atoms with E-state index in [-0.39, 0.29) is 16.1 Å². The van der Waals surface area contributed by atoms with Crippen LogP contribution in [0.5, 0.6) is 5.75 Å². The van der Waals surface area contributed by atoms with Crippen molar-refractivity contribution in [2.75, 3.05) is 0 Å². The maximum Gasteiger partial charge on any atom is 0.315 e. The van der Waals surface area contributed by atoms with Crippen molar-refractivity contribution >= 4 is 29.3 Å². The number of phenols is 1. The van der Waals surface area contributed by atoms with Gasteiger partial charge in [0.2, 0.25) is 11.7 Å². The summed E-state index contributed by atoms with van der Waals surface area (Å²) in [4.78, 5) is 20.6. The molecule has 0 atom stereocenters. The molecule has 1 amide bonds. The molecule has 3 N–H and O–H groups in total. The van der Waals surface area contributed by atoms with Crippen LogP contribution < -0.4 is 5.73 Å². The Balaban J connectivity index is 3.44. The molecule has 0 unspecified atom stereocenters. The van der Waals surface area contributed by atoms with Crippen LogP contribution in [0.3, 0.4) is 0 Å². The van der Waals surface area contributed by atoms with Gasteiger partial charge in [-0.25, -0.2) is 0 Å². The standard InChI is InChI=1S/C10H9ClN2O4/c1-5-7(11)4-6(2-3-8(12)14)10(15)9(5)13(16)17/h2-4,15H,1H3,(H2,12,14)/b3-2-. The number of phenolic OH excluding ortho intramolecular Hbond substituents is 1. The fraction of sp³-hybridized carbons (Fsp3) is 0.100. The maximum atomic E-state index is 10.8. The molecule has 0 saturated carbocycles. The molecule has 0 bridgehead atoms. The van der Waals surface area contributed by atoms with E-state index >= 15 is 0 Å². The first-order valence-corrected chi connectivity index (χ1v) is 4.86. The number of hydrogen-bond acceptors (Lipinski definition) is 4. The Morgan fingerprint density at radius 2 is 2.24 bits per heavy atom. The third-order valence-corrected chi connectivity index (χ3v) is 2.50. The summed E-state index contributed by atoms with van der Waals surface area (Å²) in [6.45, 7) is 1.42. The molecule has 17 heavy (non-hydrogen) atoms. The molecule has 0 spiro atoms. The molecular formula is C10H9ClN2O4.